The Morgan fingerprint density at radius 2 is 2.00 bits per heavy atom. The van der Waals surface area contributed by atoms with Crippen molar-refractivity contribution in [3.05, 3.63) is 46.1 Å². The van der Waals surface area contributed by atoms with Crippen molar-refractivity contribution in [2.45, 2.75) is 63.3 Å². The molecule has 2 aromatic rings. The number of halogens is 4. The van der Waals surface area contributed by atoms with Crippen LogP contribution in [0.25, 0.3) is 0 Å². The third-order valence-electron chi connectivity index (χ3n) is 6.06. The lowest BCUT2D eigenvalue weighted by atomic mass is 9.97. The van der Waals surface area contributed by atoms with Gasteiger partial charge in [-0.3, -0.25) is 4.79 Å². The number of nitrogens with one attached hydrogen (secondary N) is 1. The molecule has 0 saturated carbocycles. The minimum absolute atomic E-state index is 0.0424. The largest absolute Gasteiger partial charge is 0.410 e. The maximum Gasteiger partial charge on any atom is 0.410 e. The molecule has 2 aliphatic rings. The first kappa shape index (κ1) is 21.2. The summed E-state index contributed by atoms with van der Waals surface area (Å²) in [6, 6.07) is 6.80. The van der Waals surface area contributed by atoms with E-state index in [2.05, 4.69) is 26.3 Å². The van der Waals surface area contributed by atoms with E-state index in [0.717, 1.165) is 35.9 Å². The highest BCUT2D eigenvalue weighted by Gasteiger charge is 2.48. The van der Waals surface area contributed by atoms with Gasteiger partial charge >= 0.3 is 6.18 Å². The number of aromatic nitrogens is 2. The monoisotopic (exact) mass is 484 g/mol. The number of anilines is 1. The first-order valence-electron chi connectivity index (χ1n) is 10.3. The predicted octanol–water partition coefficient (Wildman–Crippen LogP) is 5.71. The predicted molar refractivity (Wildman–Crippen MR) is 111 cm³/mol. The van der Waals surface area contributed by atoms with E-state index in [1.54, 1.807) is 29.2 Å². The van der Waals surface area contributed by atoms with Crippen LogP contribution >= 0.6 is 15.9 Å². The number of rotatable bonds is 3. The number of likely N-dealkylation sites (tertiary alicyclic amines) is 1. The molecular weight excluding hydrogens is 461 g/mol. The Bertz CT molecular complexity index is 915. The van der Waals surface area contributed by atoms with Gasteiger partial charge in [0.05, 0.1) is 10.5 Å². The Morgan fingerprint density at radius 3 is 2.67 bits per heavy atom. The molecule has 1 aromatic heterocycles. The molecule has 30 heavy (non-hydrogen) atoms. The standard InChI is InChI=1S/C21H24BrF3N4O/c1-2-14-10-6-7-11-28(14)20(30)18-17(22)19-26-15(13-8-4-3-5-9-13)12-16(21(23,24)25)29(19)27-18/h3-5,8-9,14-16,26H,2,6-7,10-12H2,1H3. The van der Waals surface area contributed by atoms with Gasteiger partial charge in [-0.25, -0.2) is 4.68 Å². The number of hydrogen-bond acceptors (Lipinski definition) is 3. The molecule has 9 heteroatoms. The molecule has 162 valence electrons. The fraction of sp³-hybridized carbons (Fsp3) is 0.524. The van der Waals surface area contributed by atoms with E-state index in [1.807, 2.05) is 13.0 Å². The van der Waals surface area contributed by atoms with E-state index in [0.29, 0.717) is 11.0 Å². The van der Waals surface area contributed by atoms with Gasteiger partial charge in [0.15, 0.2) is 11.7 Å². The minimum Gasteiger partial charge on any atom is -0.362 e. The molecule has 1 amide bonds. The zero-order valence-electron chi connectivity index (χ0n) is 16.6. The van der Waals surface area contributed by atoms with Crippen LogP contribution < -0.4 is 5.32 Å². The summed E-state index contributed by atoms with van der Waals surface area (Å²) < 4.78 is 43.0. The number of alkyl halides is 3. The Morgan fingerprint density at radius 1 is 1.27 bits per heavy atom. The SMILES string of the molecule is CCC1CCCCN1C(=O)c1nn2c(c1Br)NC(c1ccccc1)CC2C(F)(F)F. The summed E-state index contributed by atoms with van der Waals surface area (Å²) in [4.78, 5) is 15.0. The van der Waals surface area contributed by atoms with Gasteiger partial charge in [-0.1, -0.05) is 37.3 Å². The van der Waals surface area contributed by atoms with Gasteiger partial charge in [-0.2, -0.15) is 18.3 Å². The lowest BCUT2D eigenvalue weighted by Gasteiger charge is -2.34. The summed E-state index contributed by atoms with van der Waals surface area (Å²) in [6.07, 6.45) is -0.994. The van der Waals surface area contributed by atoms with Crippen LogP contribution in [0.3, 0.4) is 0 Å². The van der Waals surface area contributed by atoms with Crippen LogP contribution in [0.4, 0.5) is 19.0 Å². The molecule has 0 bridgehead atoms. The lowest BCUT2D eigenvalue weighted by molar-refractivity contribution is -0.173. The number of amides is 1. The zero-order chi connectivity index (χ0) is 21.5. The van der Waals surface area contributed by atoms with E-state index in [4.69, 9.17) is 0 Å². The number of piperidine rings is 1. The molecule has 3 atom stereocenters. The first-order valence-corrected chi connectivity index (χ1v) is 11.1. The van der Waals surface area contributed by atoms with E-state index >= 15 is 0 Å². The molecule has 1 saturated heterocycles. The van der Waals surface area contributed by atoms with Crippen molar-refractivity contribution < 1.29 is 18.0 Å². The molecule has 0 spiro atoms. The van der Waals surface area contributed by atoms with Gasteiger partial charge in [0.2, 0.25) is 0 Å². The number of fused-ring (bicyclic) bond motifs is 1. The van der Waals surface area contributed by atoms with Crippen LogP contribution in [0.1, 0.15) is 67.2 Å². The highest BCUT2D eigenvalue weighted by atomic mass is 79.9. The van der Waals surface area contributed by atoms with Crippen LogP contribution in [0.2, 0.25) is 0 Å². The quantitative estimate of drug-likeness (QED) is 0.606. The number of carbonyl (C=O) groups is 1. The molecule has 2 aliphatic heterocycles. The highest BCUT2D eigenvalue weighted by Crippen LogP contribution is 2.46. The maximum absolute atomic E-state index is 13.9. The zero-order valence-corrected chi connectivity index (χ0v) is 18.2. The Labute approximate surface area is 181 Å². The third kappa shape index (κ3) is 3.84. The van der Waals surface area contributed by atoms with Crippen LogP contribution in [0.5, 0.6) is 0 Å². The summed E-state index contributed by atoms with van der Waals surface area (Å²) >= 11 is 3.38. The average Bonchev–Trinajstić information content (AvgIpc) is 3.09. The molecular formula is C21H24BrF3N4O. The molecule has 1 aromatic carbocycles. The second-order valence-electron chi connectivity index (χ2n) is 7.91. The van der Waals surface area contributed by atoms with Crippen LogP contribution in [-0.2, 0) is 0 Å². The van der Waals surface area contributed by atoms with Crippen LogP contribution in [-0.4, -0.2) is 39.4 Å². The van der Waals surface area contributed by atoms with Crippen molar-refractivity contribution in [3.8, 4) is 0 Å². The maximum atomic E-state index is 13.9. The Kier molecular flexibility index (Phi) is 5.83. The first-order chi connectivity index (χ1) is 14.3. The Balaban J connectivity index is 1.72. The summed E-state index contributed by atoms with van der Waals surface area (Å²) in [6.45, 7) is 2.63. The fourth-order valence-electron chi connectivity index (χ4n) is 4.46. The summed E-state index contributed by atoms with van der Waals surface area (Å²) in [5.41, 5.74) is 0.807. The molecule has 5 nitrogen and oxygen atoms in total. The summed E-state index contributed by atoms with van der Waals surface area (Å²) in [5, 5.41) is 7.34. The van der Waals surface area contributed by atoms with Gasteiger partial charge < -0.3 is 10.2 Å². The van der Waals surface area contributed by atoms with Crippen LogP contribution in [0, 0.1) is 0 Å². The van der Waals surface area contributed by atoms with Crippen molar-refractivity contribution in [2.24, 2.45) is 0 Å². The topological polar surface area (TPSA) is 50.2 Å². The van der Waals surface area contributed by atoms with Gasteiger partial charge in [0.1, 0.15) is 5.82 Å². The molecule has 0 aliphatic carbocycles. The van der Waals surface area contributed by atoms with E-state index in [9.17, 15) is 18.0 Å². The summed E-state index contributed by atoms with van der Waals surface area (Å²) in [5.74, 6) is -0.111. The molecule has 0 radical (unpaired) electrons. The fourth-order valence-corrected chi connectivity index (χ4v) is 5.00. The number of benzene rings is 1. The second kappa shape index (κ2) is 8.24. The van der Waals surface area contributed by atoms with E-state index < -0.39 is 18.3 Å². The van der Waals surface area contributed by atoms with Crippen molar-refractivity contribution in [1.29, 1.82) is 0 Å². The van der Waals surface area contributed by atoms with Crippen molar-refractivity contribution >= 4 is 27.7 Å². The number of hydrogen-bond donors (Lipinski definition) is 1. The van der Waals surface area contributed by atoms with Gasteiger partial charge in [0, 0.05) is 19.0 Å². The summed E-state index contributed by atoms with van der Waals surface area (Å²) in [7, 11) is 0. The second-order valence-corrected chi connectivity index (χ2v) is 8.71. The van der Waals surface area contributed by atoms with Crippen molar-refractivity contribution in [2.75, 3.05) is 11.9 Å². The molecule has 3 unspecified atom stereocenters. The van der Waals surface area contributed by atoms with E-state index in [-0.39, 0.29) is 29.9 Å². The molecule has 1 N–H and O–H groups in total. The molecule has 1 fully saturated rings. The van der Waals surface area contributed by atoms with Crippen molar-refractivity contribution in [3.63, 3.8) is 0 Å². The minimum atomic E-state index is -4.48. The number of nitrogens with zero attached hydrogens (tertiary/aromatic N) is 3. The molecule has 4 rings (SSSR count). The lowest BCUT2D eigenvalue weighted by Crippen LogP contribution is -2.43. The number of carbonyl (C=O) groups excluding carboxylic acids is 1. The normalized spacial score (nSPS) is 24.3. The van der Waals surface area contributed by atoms with Crippen molar-refractivity contribution in [1.82, 2.24) is 14.7 Å². The third-order valence-corrected chi connectivity index (χ3v) is 6.81. The van der Waals surface area contributed by atoms with Crippen LogP contribution in [0.15, 0.2) is 34.8 Å². The Hall–Kier alpha value is -2.03. The highest BCUT2D eigenvalue weighted by molar-refractivity contribution is 9.10. The average molecular weight is 485 g/mol. The molecule has 3 heterocycles. The van der Waals surface area contributed by atoms with Gasteiger partial charge in [-0.15, -0.1) is 0 Å². The smallest absolute Gasteiger partial charge is 0.362 e. The van der Waals surface area contributed by atoms with Gasteiger partial charge in [0.25, 0.3) is 5.91 Å². The van der Waals surface area contributed by atoms with E-state index in [1.165, 1.54) is 0 Å². The van der Waals surface area contributed by atoms with Gasteiger partial charge in [-0.05, 0) is 47.2 Å².